The molecule has 5 heteroatoms. The number of amides is 1. The van der Waals surface area contributed by atoms with Crippen LogP contribution in [0.1, 0.15) is 29.9 Å². The molecule has 1 atom stereocenters. The molecule has 23 heavy (non-hydrogen) atoms. The number of aryl methyl sites for hydroxylation is 1. The van der Waals surface area contributed by atoms with Gasteiger partial charge in [-0.3, -0.25) is 9.69 Å². The van der Waals surface area contributed by atoms with Gasteiger partial charge in [0.15, 0.2) is 0 Å². The lowest BCUT2D eigenvalue weighted by Crippen LogP contribution is -2.42. The van der Waals surface area contributed by atoms with Crippen molar-refractivity contribution in [2.24, 2.45) is 0 Å². The molecule has 1 N–H and O–H groups in total. The van der Waals surface area contributed by atoms with Crippen LogP contribution in [-0.4, -0.2) is 33.4 Å². The molecule has 0 aliphatic carbocycles. The van der Waals surface area contributed by atoms with Gasteiger partial charge >= 0.3 is 0 Å². The van der Waals surface area contributed by atoms with E-state index in [0.717, 1.165) is 37.4 Å². The highest BCUT2D eigenvalue weighted by atomic mass is 16.2. The van der Waals surface area contributed by atoms with E-state index in [9.17, 15) is 4.79 Å². The van der Waals surface area contributed by atoms with E-state index in [1.165, 1.54) is 5.56 Å². The van der Waals surface area contributed by atoms with Crippen LogP contribution in [0.4, 0.5) is 0 Å². The number of nitrogens with zero attached hydrogens (tertiary/aromatic N) is 3. The molecular weight excluding hydrogens is 288 g/mol. The van der Waals surface area contributed by atoms with E-state index in [-0.39, 0.29) is 11.9 Å². The first-order valence-corrected chi connectivity index (χ1v) is 8.06. The Morgan fingerprint density at radius 1 is 1.30 bits per heavy atom. The number of rotatable bonds is 5. The molecule has 0 saturated carbocycles. The summed E-state index contributed by atoms with van der Waals surface area (Å²) < 4.78 is 0. The summed E-state index contributed by atoms with van der Waals surface area (Å²) in [6.07, 6.45) is 3.71. The number of nitrogens with one attached hydrogen (secondary N) is 1. The quantitative estimate of drug-likeness (QED) is 0.918. The zero-order valence-corrected chi connectivity index (χ0v) is 13.4. The molecule has 1 aliphatic heterocycles. The lowest BCUT2D eigenvalue weighted by molar-refractivity contribution is -0.125. The van der Waals surface area contributed by atoms with Crippen molar-refractivity contribution >= 4 is 5.91 Å². The Balaban J connectivity index is 1.57. The van der Waals surface area contributed by atoms with E-state index < -0.39 is 0 Å². The molecule has 0 radical (unpaired) electrons. The minimum atomic E-state index is -0.0434. The second-order valence-corrected chi connectivity index (χ2v) is 5.93. The predicted octanol–water partition coefficient (Wildman–Crippen LogP) is 2.07. The zero-order valence-electron chi connectivity index (χ0n) is 13.4. The Morgan fingerprint density at radius 2 is 2.13 bits per heavy atom. The van der Waals surface area contributed by atoms with Crippen molar-refractivity contribution in [1.82, 2.24) is 20.2 Å². The first kappa shape index (κ1) is 15.6. The molecule has 0 bridgehead atoms. The van der Waals surface area contributed by atoms with Crippen molar-refractivity contribution in [1.29, 1.82) is 0 Å². The molecular formula is C18H22N4O. The van der Waals surface area contributed by atoms with Gasteiger partial charge in [-0.1, -0.05) is 30.3 Å². The van der Waals surface area contributed by atoms with Gasteiger partial charge in [0.05, 0.1) is 18.3 Å². The predicted molar refractivity (Wildman–Crippen MR) is 88.5 cm³/mol. The number of hydrogen-bond acceptors (Lipinski definition) is 4. The van der Waals surface area contributed by atoms with Crippen LogP contribution in [0.15, 0.2) is 42.6 Å². The number of carbonyl (C=O) groups excluding carboxylic acids is 1. The Labute approximate surface area is 136 Å². The SMILES string of the molecule is Cc1nccc(CNC(=O)C2CCCN2Cc2ccccc2)n1. The van der Waals surface area contributed by atoms with Crippen LogP contribution >= 0.6 is 0 Å². The van der Waals surface area contributed by atoms with Gasteiger partial charge in [0.2, 0.25) is 5.91 Å². The van der Waals surface area contributed by atoms with Crippen molar-refractivity contribution in [3.05, 3.63) is 59.7 Å². The van der Waals surface area contributed by atoms with Gasteiger partial charge in [0.1, 0.15) is 5.82 Å². The van der Waals surface area contributed by atoms with Crippen molar-refractivity contribution in [3.63, 3.8) is 0 Å². The summed E-state index contributed by atoms with van der Waals surface area (Å²) in [6.45, 7) is 4.10. The third-order valence-corrected chi connectivity index (χ3v) is 4.17. The fourth-order valence-electron chi connectivity index (χ4n) is 3.03. The average molecular weight is 310 g/mol. The van der Waals surface area contributed by atoms with Gasteiger partial charge in [0, 0.05) is 12.7 Å². The normalized spacial score (nSPS) is 18.0. The maximum absolute atomic E-state index is 12.5. The van der Waals surface area contributed by atoms with E-state index in [2.05, 4.69) is 32.3 Å². The van der Waals surface area contributed by atoms with Crippen LogP contribution < -0.4 is 5.32 Å². The van der Waals surface area contributed by atoms with Crippen LogP contribution in [0.3, 0.4) is 0 Å². The summed E-state index contributed by atoms with van der Waals surface area (Å²) in [6, 6.07) is 12.1. The summed E-state index contributed by atoms with van der Waals surface area (Å²) in [5.41, 5.74) is 2.09. The summed E-state index contributed by atoms with van der Waals surface area (Å²) in [7, 11) is 0. The van der Waals surface area contributed by atoms with Crippen LogP contribution in [0.25, 0.3) is 0 Å². The average Bonchev–Trinajstić information content (AvgIpc) is 3.02. The Morgan fingerprint density at radius 3 is 2.91 bits per heavy atom. The molecule has 1 aromatic carbocycles. The summed E-state index contributed by atoms with van der Waals surface area (Å²) >= 11 is 0. The van der Waals surface area contributed by atoms with Crippen molar-refractivity contribution in [3.8, 4) is 0 Å². The lowest BCUT2D eigenvalue weighted by atomic mass is 10.1. The number of likely N-dealkylation sites (tertiary alicyclic amines) is 1. The third-order valence-electron chi connectivity index (χ3n) is 4.17. The molecule has 1 amide bonds. The van der Waals surface area contributed by atoms with Gasteiger partial charge in [0.25, 0.3) is 0 Å². The van der Waals surface area contributed by atoms with E-state index in [4.69, 9.17) is 0 Å². The molecule has 5 nitrogen and oxygen atoms in total. The first-order chi connectivity index (χ1) is 11.2. The largest absolute Gasteiger partial charge is 0.349 e. The second-order valence-electron chi connectivity index (χ2n) is 5.93. The van der Waals surface area contributed by atoms with Gasteiger partial charge in [-0.25, -0.2) is 9.97 Å². The van der Waals surface area contributed by atoms with Crippen molar-refractivity contribution in [2.45, 2.75) is 38.9 Å². The molecule has 1 aromatic heterocycles. The summed E-state index contributed by atoms with van der Waals surface area (Å²) in [4.78, 5) is 23.2. The van der Waals surface area contributed by atoms with Crippen LogP contribution in [0.2, 0.25) is 0 Å². The van der Waals surface area contributed by atoms with Crippen molar-refractivity contribution < 1.29 is 4.79 Å². The Bertz CT molecular complexity index is 659. The summed E-state index contributed by atoms with van der Waals surface area (Å²) in [5, 5.41) is 3.01. The lowest BCUT2D eigenvalue weighted by Gasteiger charge is -2.23. The molecule has 3 rings (SSSR count). The standard InChI is InChI=1S/C18H22N4O/c1-14-19-10-9-16(21-14)12-20-18(23)17-8-5-11-22(17)13-15-6-3-2-4-7-15/h2-4,6-7,9-10,17H,5,8,11-13H2,1H3,(H,20,23). The van der Waals surface area contributed by atoms with Gasteiger partial charge in [-0.05, 0) is 37.9 Å². The fraction of sp³-hybridized carbons (Fsp3) is 0.389. The molecule has 2 aromatic rings. The minimum absolute atomic E-state index is 0.0434. The maximum Gasteiger partial charge on any atom is 0.237 e. The second kappa shape index (κ2) is 7.33. The number of hydrogen-bond donors (Lipinski definition) is 1. The first-order valence-electron chi connectivity index (χ1n) is 8.06. The van der Waals surface area contributed by atoms with E-state index in [1.807, 2.05) is 31.2 Å². The molecule has 0 spiro atoms. The van der Waals surface area contributed by atoms with Crippen LogP contribution in [0, 0.1) is 6.92 Å². The van der Waals surface area contributed by atoms with Gasteiger partial charge < -0.3 is 5.32 Å². The van der Waals surface area contributed by atoms with Crippen molar-refractivity contribution in [2.75, 3.05) is 6.54 Å². The van der Waals surface area contributed by atoms with E-state index >= 15 is 0 Å². The topological polar surface area (TPSA) is 58.1 Å². The molecule has 1 aliphatic rings. The number of benzene rings is 1. The van der Waals surface area contributed by atoms with E-state index in [1.54, 1.807) is 6.20 Å². The molecule has 1 saturated heterocycles. The summed E-state index contributed by atoms with van der Waals surface area (Å²) in [5.74, 6) is 0.818. The fourth-order valence-corrected chi connectivity index (χ4v) is 3.03. The highest BCUT2D eigenvalue weighted by Crippen LogP contribution is 2.20. The molecule has 120 valence electrons. The van der Waals surface area contributed by atoms with E-state index in [0.29, 0.717) is 6.54 Å². The Kier molecular flexibility index (Phi) is 4.98. The molecule has 1 unspecified atom stereocenters. The molecule has 1 fully saturated rings. The number of carbonyl (C=O) groups is 1. The zero-order chi connectivity index (χ0) is 16.1. The third kappa shape index (κ3) is 4.13. The van der Waals surface area contributed by atoms with Crippen LogP contribution in [-0.2, 0) is 17.9 Å². The highest BCUT2D eigenvalue weighted by Gasteiger charge is 2.30. The maximum atomic E-state index is 12.5. The highest BCUT2D eigenvalue weighted by molar-refractivity contribution is 5.82. The molecule has 2 heterocycles. The van der Waals surface area contributed by atoms with Gasteiger partial charge in [-0.2, -0.15) is 0 Å². The Hall–Kier alpha value is -2.27. The smallest absolute Gasteiger partial charge is 0.237 e. The van der Waals surface area contributed by atoms with Gasteiger partial charge in [-0.15, -0.1) is 0 Å². The monoisotopic (exact) mass is 310 g/mol. The van der Waals surface area contributed by atoms with Crippen LogP contribution in [0.5, 0.6) is 0 Å². The minimum Gasteiger partial charge on any atom is -0.349 e. The number of aromatic nitrogens is 2.